The number of nitrogens with one attached hydrogen (secondary N) is 1. The van der Waals surface area contributed by atoms with E-state index in [-0.39, 0.29) is 5.91 Å². The summed E-state index contributed by atoms with van der Waals surface area (Å²) in [6.07, 6.45) is 0. The van der Waals surface area contributed by atoms with Crippen molar-refractivity contribution in [2.45, 2.75) is 6.92 Å². The molecule has 0 saturated heterocycles. The van der Waals surface area contributed by atoms with Crippen LogP contribution in [0.1, 0.15) is 15.9 Å². The van der Waals surface area contributed by atoms with E-state index in [1.165, 1.54) is 0 Å². The molecule has 0 atom stereocenters. The number of amides is 1. The molecule has 0 aliphatic heterocycles. The molecule has 1 amide bonds. The summed E-state index contributed by atoms with van der Waals surface area (Å²) in [5.41, 5.74) is 3.51. The molecule has 0 saturated carbocycles. The summed E-state index contributed by atoms with van der Waals surface area (Å²) in [4.78, 5) is 24.9. The van der Waals surface area contributed by atoms with Gasteiger partial charge in [0.05, 0.1) is 5.56 Å². The van der Waals surface area contributed by atoms with E-state index in [9.17, 15) is 9.59 Å². The van der Waals surface area contributed by atoms with E-state index >= 15 is 0 Å². The van der Waals surface area contributed by atoms with Crippen LogP contribution in [-0.4, -0.2) is 5.91 Å². The van der Waals surface area contributed by atoms with Gasteiger partial charge in [-0.15, -0.1) is 0 Å². The first kappa shape index (κ1) is 16.8. The SMILES string of the molecule is Cc1ccc(NC(=O)c2cccc(-c3cc4ccccc4oc3=O)c2)cc1. The Balaban J connectivity index is 1.68. The van der Waals surface area contributed by atoms with E-state index in [0.29, 0.717) is 22.3 Å². The topological polar surface area (TPSA) is 59.3 Å². The maximum absolute atomic E-state index is 12.6. The van der Waals surface area contributed by atoms with Crippen molar-refractivity contribution >= 4 is 22.6 Å². The highest BCUT2D eigenvalue weighted by molar-refractivity contribution is 6.05. The molecule has 0 unspecified atom stereocenters. The Hall–Kier alpha value is -3.66. The van der Waals surface area contributed by atoms with Gasteiger partial charge in [-0.3, -0.25) is 4.79 Å². The first-order chi connectivity index (χ1) is 13.1. The largest absolute Gasteiger partial charge is 0.422 e. The van der Waals surface area contributed by atoms with E-state index in [0.717, 1.165) is 16.6 Å². The summed E-state index contributed by atoms with van der Waals surface area (Å²) < 4.78 is 5.40. The molecule has 1 N–H and O–H groups in total. The zero-order chi connectivity index (χ0) is 18.8. The molecule has 3 aromatic carbocycles. The smallest absolute Gasteiger partial charge is 0.344 e. The van der Waals surface area contributed by atoms with E-state index in [1.807, 2.05) is 49.4 Å². The standard InChI is InChI=1S/C23H17NO3/c1-15-9-11-19(12-10-15)24-22(25)18-7-4-6-16(13-18)20-14-17-5-2-3-8-21(17)27-23(20)26/h2-14H,1H3,(H,24,25). The second kappa shape index (κ2) is 6.92. The molecule has 27 heavy (non-hydrogen) atoms. The van der Waals surface area contributed by atoms with E-state index in [1.54, 1.807) is 36.4 Å². The van der Waals surface area contributed by atoms with Crippen LogP contribution in [0.5, 0.6) is 0 Å². The van der Waals surface area contributed by atoms with Gasteiger partial charge in [0.1, 0.15) is 5.58 Å². The van der Waals surface area contributed by atoms with Gasteiger partial charge in [-0.2, -0.15) is 0 Å². The van der Waals surface area contributed by atoms with Crippen molar-refractivity contribution < 1.29 is 9.21 Å². The van der Waals surface area contributed by atoms with Gasteiger partial charge in [0.2, 0.25) is 0 Å². The molecule has 1 heterocycles. The number of carbonyl (C=O) groups excluding carboxylic acids is 1. The minimum Gasteiger partial charge on any atom is -0.422 e. The quantitative estimate of drug-likeness (QED) is 0.525. The Morgan fingerprint density at radius 1 is 0.889 bits per heavy atom. The van der Waals surface area contributed by atoms with Crippen LogP contribution in [0.2, 0.25) is 0 Å². The predicted octanol–water partition coefficient (Wildman–Crippen LogP) is 5.02. The van der Waals surface area contributed by atoms with Crippen LogP contribution in [0.3, 0.4) is 0 Å². The summed E-state index contributed by atoms with van der Waals surface area (Å²) >= 11 is 0. The minimum absolute atomic E-state index is 0.231. The molecule has 1 aromatic heterocycles. The van der Waals surface area contributed by atoms with E-state index in [2.05, 4.69) is 5.32 Å². The van der Waals surface area contributed by atoms with E-state index in [4.69, 9.17) is 4.42 Å². The Bertz CT molecular complexity index is 1190. The Labute approximate surface area is 156 Å². The number of fused-ring (bicyclic) bond motifs is 1. The number of hydrogen-bond acceptors (Lipinski definition) is 3. The van der Waals surface area contributed by atoms with Crippen LogP contribution in [-0.2, 0) is 0 Å². The highest BCUT2D eigenvalue weighted by Gasteiger charge is 2.11. The van der Waals surface area contributed by atoms with Crippen molar-refractivity contribution in [2.24, 2.45) is 0 Å². The van der Waals surface area contributed by atoms with Crippen molar-refractivity contribution in [1.82, 2.24) is 0 Å². The lowest BCUT2D eigenvalue weighted by molar-refractivity contribution is 0.102. The lowest BCUT2D eigenvalue weighted by atomic mass is 10.0. The zero-order valence-electron chi connectivity index (χ0n) is 14.7. The number of aryl methyl sites for hydroxylation is 1. The summed E-state index contributed by atoms with van der Waals surface area (Å²) in [6.45, 7) is 1.99. The van der Waals surface area contributed by atoms with Crippen LogP contribution in [0, 0.1) is 6.92 Å². The molecular formula is C23H17NO3. The van der Waals surface area contributed by atoms with Gasteiger partial charge >= 0.3 is 5.63 Å². The number of para-hydroxylation sites is 1. The minimum atomic E-state index is -0.426. The predicted molar refractivity (Wildman–Crippen MR) is 107 cm³/mol. The molecule has 0 radical (unpaired) electrons. The average Bonchev–Trinajstić information content (AvgIpc) is 2.69. The fourth-order valence-corrected chi connectivity index (χ4v) is 2.93. The Morgan fingerprint density at radius 2 is 1.67 bits per heavy atom. The van der Waals surface area contributed by atoms with E-state index < -0.39 is 5.63 Å². The first-order valence-electron chi connectivity index (χ1n) is 8.61. The number of rotatable bonds is 3. The Morgan fingerprint density at radius 3 is 2.48 bits per heavy atom. The fourth-order valence-electron chi connectivity index (χ4n) is 2.93. The molecule has 0 spiro atoms. The van der Waals surface area contributed by atoms with Gasteiger partial charge < -0.3 is 9.73 Å². The lowest BCUT2D eigenvalue weighted by Crippen LogP contribution is -2.12. The van der Waals surface area contributed by atoms with Crippen LogP contribution in [0.15, 0.2) is 88.1 Å². The molecular weight excluding hydrogens is 338 g/mol. The number of anilines is 1. The van der Waals surface area contributed by atoms with Gasteiger partial charge in [-0.25, -0.2) is 4.79 Å². The maximum atomic E-state index is 12.6. The molecule has 4 nitrogen and oxygen atoms in total. The first-order valence-corrected chi connectivity index (χ1v) is 8.61. The second-order valence-corrected chi connectivity index (χ2v) is 6.39. The van der Waals surface area contributed by atoms with Crippen LogP contribution in [0.4, 0.5) is 5.69 Å². The van der Waals surface area contributed by atoms with Crippen LogP contribution >= 0.6 is 0 Å². The lowest BCUT2D eigenvalue weighted by Gasteiger charge is -2.08. The van der Waals surface area contributed by atoms with Crippen molar-refractivity contribution in [3.8, 4) is 11.1 Å². The van der Waals surface area contributed by atoms with Crippen molar-refractivity contribution in [3.05, 3.63) is 100 Å². The summed E-state index contributed by atoms with van der Waals surface area (Å²) in [5.74, 6) is -0.231. The average molecular weight is 355 g/mol. The molecule has 4 rings (SSSR count). The van der Waals surface area contributed by atoms with Gasteiger partial charge in [-0.05, 0) is 48.9 Å². The third kappa shape index (κ3) is 3.51. The van der Waals surface area contributed by atoms with Crippen molar-refractivity contribution in [1.29, 1.82) is 0 Å². The molecule has 0 aliphatic carbocycles. The normalized spacial score (nSPS) is 10.7. The van der Waals surface area contributed by atoms with Gasteiger partial charge in [0.15, 0.2) is 0 Å². The number of hydrogen-bond donors (Lipinski definition) is 1. The highest BCUT2D eigenvalue weighted by Crippen LogP contribution is 2.22. The summed E-state index contributed by atoms with van der Waals surface area (Å²) in [6, 6.07) is 23.7. The summed E-state index contributed by atoms with van der Waals surface area (Å²) in [7, 11) is 0. The molecule has 132 valence electrons. The number of benzene rings is 3. The summed E-state index contributed by atoms with van der Waals surface area (Å²) in [5, 5.41) is 3.70. The molecule has 0 fully saturated rings. The van der Waals surface area contributed by atoms with Crippen molar-refractivity contribution in [2.75, 3.05) is 5.32 Å². The monoisotopic (exact) mass is 355 g/mol. The number of carbonyl (C=O) groups is 1. The van der Waals surface area contributed by atoms with Gasteiger partial charge in [0.25, 0.3) is 5.91 Å². The van der Waals surface area contributed by atoms with Crippen molar-refractivity contribution in [3.63, 3.8) is 0 Å². The maximum Gasteiger partial charge on any atom is 0.344 e. The molecule has 0 bridgehead atoms. The Kier molecular flexibility index (Phi) is 4.30. The molecule has 4 aromatic rings. The third-order valence-corrected chi connectivity index (χ3v) is 4.39. The highest BCUT2D eigenvalue weighted by atomic mass is 16.4. The third-order valence-electron chi connectivity index (χ3n) is 4.39. The molecule has 0 aliphatic rings. The second-order valence-electron chi connectivity index (χ2n) is 6.39. The van der Waals surface area contributed by atoms with Crippen LogP contribution in [0.25, 0.3) is 22.1 Å². The fraction of sp³-hybridized carbons (Fsp3) is 0.0435. The van der Waals surface area contributed by atoms with Gasteiger partial charge in [0, 0.05) is 16.6 Å². The van der Waals surface area contributed by atoms with Gasteiger partial charge in [-0.1, -0.05) is 48.0 Å². The molecule has 4 heteroatoms. The zero-order valence-corrected chi connectivity index (χ0v) is 14.7. The van der Waals surface area contributed by atoms with Crippen LogP contribution < -0.4 is 10.9 Å².